The zero-order valence-electron chi connectivity index (χ0n) is 14.9. The average Bonchev–Trinajstić information content (AvgIpc) is 3.40. The molecule has 1 atom stereocenters. The molecule has 27 heavy (non-hydrogen) atoms. The van der Waals surface area contributed by atoms with Crippen LogP contribution in [-0.4, -0.2) is 25.8 Å². The van der Waals surface area contributed by atoms with Crippen molar-refractivity contribution in [3.8, 4) is 11.4 Å². The van der Waals surface area contributed by atoms with Crippen LogP contribution in [0.15, 0.2) is 54.4 Å². The van der Waals surface area contributed by atoms with Gasteiger partial charge in [-0.2, -0.15) is 5.10 Å². The third-order valence-corrected chi connectivity index (χ3v) is 6.54. The highest BCUT2D eigenvalue weighted by Gasteiger charge is 2.27. The van der Waals surface area contributed by atoms with Crippen molar-refractivity contribution in [2.24, 2.45) is 0 Å². The molecule has 1 aromatic carbocycles. The van der Waals surface area contributed by atoms with E-state index in [0.29, 0.717) is 24.3 Å². The second-order valence-electron chi connectivity index (χ2n) is 6.64. The van der Waals surface area contributed by atoms with E-state index in [2.05, 4.69) is 29.0 Å². The van der Waals surface area contributed by atoms with Gasteiger partial charge in [-0.15, -0.1) is 17.9 Å². The Morgan fingerprint density at radius 2 is 2.11 bits per heavy atom. The summed E-state index contributed by atoms with van der Waals surface area (Å²) in [5, 5.41) is 7.71. The van der Waals surface area contributed by atoms with Gasteiger partial charge in [-0.3, -0.25) is 9.47 Å². The quantitative estimate of drug-likeness (QED) is 0.376. The fraction of sp³-hybridized carbons (Fsp3) is 0.300. The molecular weight excluding hydrogens is 396 g/mol. The van der Waals surface area contributed by atoms with E-state index in [4.69, 9.17) is 28.9 Å². The Kier molecular flexibility index (Phi) is 5.59. The molecule has 1 aliphatic rings. The van der Waals surface area contributed by atoms with E-state index in [9.17, 15) is 0 Å². The molecule has 0 N–H and O–H groups in total. The van der Waals surface area contributed by atoms with Gasteiger partial charge in [0.25, 0.3) is 0 Å². The van der Waals surface area contributed by atoms with Crippen LogP contribution >= 0.6 is 35.2 Å². The average molecular weight is 417 g/mol. The molecule has 4 nitrogen and oxygen atoms in total. The van der Waals surface area contributed by atoms with Crippen molar-refractivity contribution in [2.45, 2.75) is 32.1 Å². The lowest BCUT2D eigenvalue weighted by molar-refractivity contribution is 0.192. The zero-order chi connectivity index (χ0) is 18.8. The number of aromatic nitrogens is 3. The van der Waals surface area contributed by atoms with E-state index >= 15 is 0 Å². The highest BCUT2D eigenvalue weighted by molar-refractivity contribution is 7.71. The van der Waals surface area contributed by atoms with E-state index < -0.39 is 0 Å². The fourth-order valence-electron chi connectivity index (χ4n) is 3.61. The second kappa shape index (κ2) is 8.10. The Morgan fingerprint density at radius 1 is 1.30 bits per heavy atom. The molecule has 2 aromatic heterocycles. The molecule has 4 rings (SSSR count). The highest BCUT2D eigenvalue weighted by atomic mass is 35.5. The Labute approximate surface area is 173 Å². The van der Waals surface area contributed by atoms with Crippen LogP contribution in [0.25, 0.3) is 11.4 Å². The van der Waals surface area contributed by atoms with Gasteiger partial charge in [-0.1, -0.05) is 23.7 Å². The first kappa shape index (κ1) is 18.6. The number of hydrogen-bond donors (Lipinski definition) is 0. The van der Waals surface area contributed by atoms with Crippen molar-refractivity contribution in [1.29, 1.82) is 0 Å². The molecule has 0 amide bonds. The van der Waals surface area contributed by atoms with Gasteiger partial charge in [0, 0.05) is 34.6 Å². The van der Waals surface area contributed by atoms with Crippen molar-refractivity contribution in [1.82, 2.24) is 19.2 Å². The smallest absolute Gasteiger partial charge is 0.199 e. The number of nitrogens with zero attached hydrogens (tertiary/aromatic N) is 4. The Balaban J connectivity index is 1.67. The van der Waals surface area contributed by atoms with Crippen LogP contribution in [0.2, 0.25) is 5.02 Å². The van der Waals surface area contributed by atoms with E-state index in [1.54, 1.807) is 0 Å². The van der Waals surface area contributed by atoms with E-state index in [-0.39, 0.29) is 0 Å². The Bertz CT molecular complexity index is 973. The van der Waals surface area contributed by atoms with E-state index in [1.165, 1.54) is 17.7 Å². The third-order valence-electron chi connectivity index (χ3n) is 4.89. The molecule has 1 saturated heterocycles. The molecular formula is C20H21ClN4S2. The molecule has 3 heterocycles. The van der Waals surface area contributed by atoms with Crippen LogP contribution < -0.4 is 0 Å². The lowest BCUT2D eigenvalue weighted by atomic mass is 10.2. The first-order chi connectivity index (χ1) is 13.2. The van der Waals surface area contributed by atoms with Gasteiger partial charge in [0.05, 0.1) is 6.67 Å². The van der Waals surface area contributed by atoms with Crippen LogP contribution in [-0.2, 0) is 13.2 Å². The minimum absolute atomic E-state index is 0.454. The predicted octanol–water partition coefficient (Wildman–Crippen LogP) is 5.78. The van der Waals surface area contributed by atoms with Crippen LogP contribution in [0.4, 0.5) is 0 Å². The van der Waals surface area contributed by atoms with Crippen LogP contribution in [0.5, 0.6) is 0 Å². The maximum Gasteiger partial charge on any atom is 0.199 e. The van der Waals surface area contributed by atoms with Gasteiger partial charge < -0.3 is 0 Å². The molecule has 7 heteroatoms. The van der Waals surface area contributed by atoms with E-state index in [1.807, 2.05) is 50.9 Å². The van der Waals surface area contributed by atoms with Crippen molar-refractivity contribution in [2.75, 3.05) is 6.54 Å². The SMILES string of the molecule is C=CCn1c(-c2ccc(Cl)cc2)nn(CN2CCC[C@@H]2c2cccs2)c1=S. The van der Waals surface area contributed by atoms with Crippen molar-refractivity contribution in [3.63, 3.8) is 0 Å². The largest absolute Gasteiger partial charge is 0.296 e. The summed E-state index contributed by atoms with van der Waals surface area (Å²) in [5.74, 6) is 0.850. The summed E-state index contributed by atoms with van der Waals surface area (Å²) in [7, 11) is 0. The molecule has 0 spiro atoms. The lowest BCUT2D eigenvalue weighted by Crippen LogP contribution is -2.26. The van der Waals surface area contributed by atoms with Gasteiger partial charge in [0.1, 0.15) is 0 Å². The van der Waals surface area contributed by atoms with Crippen LogP contribution in [0.1, 0.15) is 23.8 Å². The Hall–Kier alpha value is -1.73. The van der Waals surface area contributed by atoms with E-state index in [0.717, 1.165) is 22.7 Å². The molecule has 0 unspecified atom stereocenters. The number of benzene rings is 1. The summed E-state index contributed by atoms with van der Waals surface area (Å²) < 4.78 is 4.69. The summed E-state index contributed by atoms with van der Waals surface area (Å²) >= 11 is 13.6. The van der Waals surface area contributed by atoms with Crippen molar-refractivity contribution in [3.05, 3.63) is 69.1 Å². The third kappa shape index (κ3) is 3.80. The molecule has 0 aliphatic carbocycles. The molecule has 1 aliphatic heterocycles. The topological polar surface area (TPSA) is 26.0 Å². The van der Waals surface area contributed by atoms with Crippen LogP contribution in [0, 0.1) is 4.77 Å². The molecule has 140 valence electrons. The number of allylic oxidation sites excluding steroid dienone is 1. The summed E-state index contributed by atoms with van der Waals surface area (Å²) in [5.41, 5.74) is 1.00. The number of thiophene rings is 1. The molecule has 0 saturated carbocycles. The normalized spacial score (nSPS) is 17.4. The number of halogens is 1. The summed E-state index contributed by atoms with van der Waals surface area (Å²) in [4.78, 5) is 3.89. The summed E-state index contributed by atoms with van der Waals surface area (Å²) in [6, 6.07) is 12.5. The van der Waals surface area contributed by atoms with Gasteiger partial charge in [0.2, 0.25) is 0 Å². The molecule has 1 fully saturated rings. The second-order valence-corrected chi connectivity index (χ2v) is 8.42. The van der Waals surface area contributed by atoms with Gasteiger partial charge in [0.15, 0.2) is 10.6 Å². The number of rotatable bonds is 6. The molecule has 0 bridgehead atoms. The first-order valence-corrected chi connectivity index (χ1v) is 10.7. The lowest BCUT2D eigenvalue weighted by Gasteiger charge is -2.23. The molecule has 0 radical (unpaired) electrons. The number of likely N-dealkylation sites (tertiary alicyclic amines) is 1. The summed E-state index contributed by atoms with van der Waals surface area (Å²) in [6.07, 6.45) is 4.24. The predicted molar refractivity (Wildman–Crippen MR) is 115 cm³/mol. The fourth-order valence-corrected chi connectivity index (χ4v) is 4.89. The summed E-state index contributed by atoms with van der Waals surface area (Å²) in [6.45, 7) is 6.27. The number of hydrogen-bond acceptors (Lipinski definition) is 4. The van der Waals surface area contributed by atoms with Gasteiger partial charge in [-0.25, -0.2) is 4.68 Å². The zero-order valence-corrected chi connectivity index (χ0v) is 17.3. The first-order valence-electron chi connectivity index (χ1n) is 8.99. The van der Waals surface area contributed by atoms with Crippen molar-refractivity contribution < 1.29 is 0 Å². The standard InChI is InChI=1S/C20H21ClN4S2/c1-2-11-24-19(15-7-9-16(21)10-8-15)22-25(20(24)26)14-23-12-3-5-17(23)18-6-4-13-27-18/h2,4,6-10,13,17H,1,3,5,11-12,14H2/t17-/m1/s1. The minimum atomic E-state index is 0.454. The molecule has 3 aromatic rings. The minimum Gasteiger partial charge on any atom is -0.296 e. The van der Waals surface area contributed by atoms with Gasteiger partial charge >= 0.3 is 0 Å². The maximum absolute atomic E-state index is 6.04. The Morgan fingerprint density at radius 3 is 2.81 bits per heavy atom. The monoisotopic (exact) mass is 416 g/mol. The van der Waals surface area contributed by atoms with Crippen LogP contribution in [0.3, 0.4) is 0 Å². The van der Waals surface area contributed by atoms with Crippen molar-refractivity contribution >= 4 is 35.2 Å². The highest BCUT2D eigenvalue weighted by Crippen LogP contribution is 2.34. The van der Waals surface area contributed by atoms with Gasteiger partial charge in [-0.05, 0) is 60.8 Å². The maximum atomic E-state index is 6.04.